The molecule has 1 aromatic carbocycles. The van der Waals surface area contributed by atoms with Crippen LogP contribution in [-0.4, -0.2) is 15.3 Å². The van der Waals surface area contributed by atoms with Crippen molar-refractivity contribution in [1.29, 1.82) is 0 Å². The van der Waals surface area contributed by atoms with Crippen LogP contribution in [0.2, 0.25) is 0 Å². The Labute approximate surface area is 110 Å². The Kier molecular flexibility index (Phi) is 3.39. The van der Waals surface area contributed by atoms with Gasteiger partial charge in [0.05, 0.1) is 10.0 Å². The molecule has 0 atom stereocenters. The largest absolute Gasteiger partial charge is 0.398 e. The van der Waals surface area contributed by atoms with Crippen molar-refractivity contribution >= 4 is 44.2 Å². The van der Waals surface area contributed by atoms with E-state index < -0.39 is 0 Å². The predicted octanol–water partition coefficient (Wildman–Crippen LogP) is 2.44. The van der Waals surface area contributed by atoms with E-state index >= 15 is 0 Å². The Morgan fingerprint density at radius 2 is 2.29 bits per heavy atom. The van der Waals surface area contributed by atoms with Crippen molar-refractivity contribution in [2.24, 2.45) is 0 Å². The lowest BCUT2D eigenvalue weighted by molar-refractivity contribution is 0.102. The summed E-state index contributed by atoms with van der Waals surface area (Å²) in [7, 11) is 0. The molecular formula is C10H9BrN4OS. The summed E-state index contributed by atoms with van der Waals surface area (Å²) in [6.07, 6.45) is 0. The van der Waals surface area contributed by atoms with Crippen molar-refractivity contribution in [3.63, 3.8) is 0 Å². The van der Waals surface area contributed by atoms with E-state index in [9.17, 15) is 4.79 Å². The molecule has 0 saturated heterocycles. The van der Waals surface area contributed by atoms with Crippen molar-refractivity contribution in [2.45, 2.75) is 6.92 Å². The van der Waals surface area contributed by atoms with Crippen LogP contribution in [0.1, 0.15) is 16.2 Å². The minimum absolute atomic E-state index is 0.264. The molecule has 0 aliphatic rings. The number of hydrogen-bond acceptors (Lipinski definition) is 5. The number of halogens is 1. The molecule has 1 amide bonds. The third-order valence-electron chi connectivity index (χ3n) is 2.02. The van der Waals surface area contributed by atoms with E-state index in [2.05, 4.69) is 30.6 Å². The fourth-order valence-electron chi connectivity index (χ4n) is 1.24. The van der Waals surface area contributed by atoms with Gasteiger partial charge in [0.25, 0.3) is 5.91 Å². The number of amides is 1. The number of rotatable bonds is 2. The molecule has 0 saturated carbocycles. The molecule has 0 aliphatic carbocycles. The first kappa shape index (κ1) is 12.0. The van der Waals surface area contributed by atoms with Crippen LogP contribution in [0, 0.1) is 6.92 Å². The molecule has 0 bridgehead atoms. The van der Waals surface area contributed by atoms with Crippen molar-refractivity contribution in [3.8, 4) is 0 Å². The molecule has 88 valence electrons. The Hall–Kier alpha value is -1.47. The van der Waals surface area contributed by atoms with Crippen LogP contribution >= 0.6 is 27.5 Å². The van der Waals surface area contributed by atoms with E-state index in [0.29, 0.717) is 26.7 Å². The molecule has 7 heteroatoms. The summed E-state index contributed by atoms with van der Waals surface area (Å²) in [5.41, 5.74) is 6.69. The maximum absolute atomic E-state index is 11.9. The van der Waals surface area contributed by atoms with Gasteiger partial charge in [0.2, 0.25) is 5.13 Å². The standard InChI is InChI=1S/C10H9BrN4OS/c1-5-13-10(17-15-5)14-9(16)6-3-2-4-7(12)8(6)11/h2-4H,12H2,1H3,(H,13,14,15,16). The smallest absolute Gasteiger partial charge is 0.258 e. The van der Waals surface area contributed by atoms with E-state index in [-0.39, 0.29) is 5.91 Å². The fraction of sp³-hybridized carbons (Fsp3) is 0.100. The lowest BCUT2D eigenvalue weighted by atomic mass is 10.2. The van der Waals surface area contributed by atoms with Crippen molar-refractivity contribution in [3.05, 3.63) is 34.1 Å². The predicted molar refractivity (Wildman–Crippen MR) is 71.2 cm³/mol. The quantitative estimate of drug-likeness (QED) is 0.835. The highest BCUT2D eigenvalue weighted by Crippen LogP contribution is 2.24. The topological polar surface area (TPSA) is 80.9 Å². The highest BCUT2D eigenvalue weighted by molar-refractivity contribution is 9.10. The molecule has 0 unspecified atom stereocenters. The zero-order valence-electron chi connectivity index (χ0n) is 8.90. The Morgan fingerprint density at radius 3 is 2.94 bits per heavy atom. The molecule has 2 aromatic rings. The van der Waals surface area contributed by atoms with Gasteiger partial charge in [-0.2, -0.15) is 4.37 Å². The number of anilines is 2. The number of nitrogens with zero attached hydrogens (tertiary/aromatic N) is 2. The molecule has 0 fully saturated rings. The molecule has 17 heavy (non-hydrogen) atoms. The Bertz CT molecular complexity index is 569. The van der Waals surface area contributed by atoms with Gasteiger partial charge in [-0.25, -0.2) is 4.98 Å². The van der Waals surface area contributed by atoms with Crippen LogP contribution in [0.5, 0.6) is 0 Å². The number of nitrogens with two attached hydrogens (primary N) is 1. The van der Waals surface area contributed by atoms with Crippen LogP contribution in [0.15, 0.2) is 22.7 Å². The minimum Gasteiger partial charge on any atom is -0.398 e. The average molecular weight is 313 g/mol. The summed E-state index contributed by atoms with van der Waals surface area (Å²) in [6.45, 7) is 1.77. The summed E-state index contributed by atoms with van der Waals surface area (Å²) in [5.74, 6) is 0.372. The van der Waals surface area contributed by atoms with Gasteiger partial charge in [-0.15, -0.1) is 0 Å². The summed E-state index contributed by atoms with van der Waals surface area (Å²) < 4.78 is 4.56. The second kappa shape index (κ2) is 4.80. The van der Waals surface area contributed by atoms with E-state index in [4.69, 9.17) is 5.73 Å². The maximum Gasteiger partial charge on any atom is 0.258 e. The summed E-state index contributed by atoms with van der Waals surface area (Å²) in [4.78, 5) is 16.0. The fourth-order valence-corrected chi connectivity index (χ4v) is 2.25. The van der Waals surface area contributed by atoms with Crippen molar-refractivity contribution in [2.75, 3.05) is 11.1 Å². The Balaban J connectivity index is 2.23. The number of carbonyl (C=O) groups excluding carboxylic acids is 1. The van der Waals surface area contributed by atoms with Crippen LogP contribution < -0.4 is 11.1 Å². The summed E-state index contributed by atoms with van der Waals surface area (Å²) in [5, 5.41) is 3.14. The first-order valence-electron chi connectivity index (χ1n) is 4.73. The third-order valence-corrected chi connectivity index (χ3v) is 3.63. The lowest BCUT2D eigenvalue weighted by Crippen LogP contribution is -2.13. The van der Waals surface area contributed by atoms with E-state index in [1.54, 1.807) is 25.1 Å². The van der Waals surface area contributed by atoms with Crippen LogP contribution in [0.4, 0.5) is 10.8 Å². The number of benzene rings is 1. The van der Waals surface area contributed by atoms with Gasteiger partial charge in [0.1, 0.15) is 5.82 Å². The number of aryl methyl sites for hydroxylation is 1. The number of hydrogen-bond donors (Lipinski definition) is 2. The zero-order chi connectivity index (χ0) is 12.4. The maximum atomic E-state index is 11.9. The van der Waals surface area contributed by atoms with Crippen LogP contribution in [-0.2, 0) is 0 Å². The van der Waals surface area contributed by atoms with Crippen LogP contribution in [0.25, 0.3) is 0 Å². The Morgan fingerprint density at radius 1 is 1.53 bits per heavy atom. The van der Waals surface area contributed by atoms with Gasteiger partial charge < -0.3 is 5.73 Å². The molecule has 0 radical (unpaired) electrons. The average Bonchev–Trinajstić information content (AvgIpc) is 2.68. The first-order chi connectivity index (χ1) is 8.08. The minimum atomic E-state index is -0.264. The zero-order valence-corrected chi connectivity index (χ0v) is 11.3. The van der Waals surface area contributed by atoms with Gasteiger partial charge >= 0.3 is 0 Å². The molecular weight excluding hydrogens is 304 g/mol. The monoisotopic (exact) mass is 312 g/mol. The lowest BCUT2D eigenvalue weighted by Gasteiger charge is -2.05. The third kappa shape index (κ3) is 2.62. The van der Waals surface area contributed by atoms with E-state index in [0.717, 1.165) is 11.5 Å². The molecule has 5 nitrogen and oxygen atoms in total. The highest BCUT2D eigenvalue weighted by Gasteiger charge is 2.13. The number of nitrogens with one attached hydrogen (secondary N) is 1. The van der Waals surface area contributed by atoms with Crippen molar-refractivity contribution < 1.29 is 4.79 Å². The highest BCUT2D eigenvalue weighted by atomic mass is 79.9. The van der Waals surface area contributed by atoms with Gasteiger partial charge in [-0.05, 0) is 35.0 Å². The van der Waals surface area contributed by atoms with Gasteiger partial charge in [-0.1, -0.05) is 6.07 Å². The molecule has 1 aromatic heterocycles. The SMILES string of the molecule is Cc1nsc(NC(=O)c2cccc(N)c2Br)n1. The molecule has 0 aliphatic heterocycles. The summed E-state index contributed by atoms with van der Waals surface area (Å²) >= 11 is 4.42. The number of carbonyl (C=O) groups is 1. The second-order valence-electron chi connectivity index (χ2n) is 3.31. The molecule has 0 spiro atoms. The second-order valence-corrected chi connectivity index (χ2v) is 4.85. The summed E-state index contributed by atoms with van der Waals surface area (Å²) in [6, 6.07) is 5.12. The molecule has 1 heterocycles. The van der Waals surface area contributed by atoms with Gasteiger partial charge in [-0.3, -0.25) is 10.1 Å². The molecule has 2 rings (SSSR count). The van der Waals surface area contributed by atoms with Crippen LogP contribution in [0.3, 0.4) is 0 Å². The van der Waals surface area contributed by atoms with E-state index in [1.165, 1.54) is 0 Å². The van der Waals surface area contributed by atoms with E-state index in [1.807, 2.05) is 0 Å². The van der Waals surface area contributed by atoms with Gasteiger partial charge in [0.15, 0.2) is 0 Å². The number of nitrogen functional groups attached to an aromatic ring is 1. The first-order valence-corrected chi connectivity index (χ1v) is 6.30. The van der Waals surface area contributed by atoms with Crippen molar-refractivity contribution in [1.82, 2.24) is 9.36 Å². The molecule has 3 N–H and O–H groups in total. The van der Waals surface area contributed by atoms with Gasteiger partial charge in [0, 0.05) is 17.2 Å². The normalized spacial score (nSPS) is 10.2. The number of aromatic nitrogens is 2.